The maximum atomic E-state index is 5.50. The smallest absolute Gasteiger partial charge is 0.124 e. The normalized spacial score (nSPS) is 23.8. The topological polar surface area (TPSA) is 24.5 Å². The van der Waals surface area contributed by atoms with Gasteiger partial charge in [0.15, 0.2) is 0 Å². The van der Waals surface area contributed by atoms with Crippen molar-refractivity contribution in [3.8, 4) is 5.75 Å². The number of methoxy groups -OCH3 is 1. The van der Waals surface area contributed by atoms with Gasteiger partial charge in [-0.1, -0.05) is 0 Å². The fourth-order valence-corrected chi connectivity index (χ4v) is 2.53. The monoisotopic (exact) mass is 234 g/mol. The molecule has 0 spiro atoms. The average Bonchev–Trinajstić information content (AvgIpc) is 2.76. The zero-order chi connectivity index (χ0) is 12.5. The first-order valence-electron chi connectivity index (χ1n) is 6.18. The van der Waals surface area contributed by atoms with Gasteiger partial charge in [0.05, 0.1) is 7.11 Å². The number of nitrogens with one attached hydrogen (secondary N) is 1. The molecule has 0 amide bonds. The van der Waals surface area contributed by atoms with Crippen LogP contribution in [0.5, 0.6) is 5.75 Å². The van der Waals surface area contributed by atoms with Crippen LogP contribution < -0.4 is 15.0 Å². The van der Waals surface area contributed by atoms with Crippen LogP contribution in [-0.2, 0) is 5.54 Å². The van der Waals surface area contributed by atoms with Gasteiger partial charge >= 0.3 is 0 Å². The van der Waals surface area contributed by atoms with Crippen molar-refractivity contribution >= 4 is 5.69 Å². The third-order valence-corrected chi connectivity index (χ3v) is 3.66. The molecule has 1 saturated heterocycles. The summed E-state index contributed by atoms with van der Waals surface area (Å²) in [6.45, 7) is 3.35. The van der Waals surface area contributed by atoms with Crippen molar-refractivity contribution in [2.45, 2.75) is 25.3 Å². The van der Waals surface area contributed by atoms with Crippen LogP contribution in [0.4, 0.5) is 5.69 Å². The Labute approximate surface area is 104 Å². The molecule has 1 N–H and O–H groups in total. The second-order valence-corrected chi connectivity index (χ2v) is 5.14. The van der Waals surface area contributed by atoms with E-state index < -0.39 is 0 Å². The maximum Gasteiger partial charge on any atom is 0.124 e. The largest absolute Gasteiger partial charge is 0.496 e. The van der Waals surface area contributed by atoms with Gasteiger partial charge in [-0.3, -0.25) is 0 Å². The van der Waals surface area contributed by atoms with Crippen LogP contribution in [0.15, 0.2) is 18.2 Å². The number of rotatable bonds is 3. The highest BCUT2D eigenvalue weighted by Gasteiger charge is 2.32. The second kappa shape index (κ2) is 4.57. The summed E-state index contributed by atoms with van der Waals surface area (Å²) in [6.07, 6.45) is 2.39. The lowest BCUT2D eigenvalue weighted by Gasteiger charge is -2.28. The van der Waals surface area contributed by atoms with E-state index in [-0.39, 0.29) is 5.54 Å². The highest BCUT2D eigenvalue weighted by atomic mass is 16.5. The van der Waals surface area contributed by atoms with Crippen molar-refractivity contribution in [3.05, 3.63) is 23.8 Å². The van der Waals surface area contributed by atoms with Gasteiger partial charge < -0.3 is 15.0 Å². The van der Waals surface area contributed by atoms with E-state index in [1.807, 2.05) is 0 Å². The molecule has 94 valence electrons. The molecule has 17 heavy (non-hydrogen) atoms. The minimum atomic E-state index is 0.0529. The van der Waals surface area contributed by atoms with Crippen LogP contribution in [0.2, 0.25) is 0 Å². The van der Waals surface area contributed by atoms with E-state index in [1.165, 1.54) is 24.1 Å². The molecule has 0 saturated carbocycles. The molecular formula is C14H22N2O. The molecule has 1 aliphatic rings. The third-order valence-electron chi connectivity index (χ3n) is 3.66. The zero-order valence-corrected chi connectivity index (χ0v) is 11.2. The molecule has 0 bridgehead atoms. The minimum Gasteiger partial charge on any atom is -0.496 e. The first-order chi connectivity index (χ1) is 8.07. The molecule has 0 aliphatic carbocycles. The molecule has 3 heteroatoms. The summed E-state index contributed by atoms with van der Waals surface area (Å²) in [5.41, 5.74) is 2.54. The summed E-state index contributed by atoms with van der Waals surface area (Å²) >= 11 is 0. The van der Waals surface area contributed by atoms with Gasteiger partial charge in [0.1, 0.15) is 5.75 Å². The quantitative estimate of drug-likeness (QED) is 0.869. The summed E-state index contributed by atoms with van der Waals surface area (Å²) in [5, 5.41) is 3.59. The van der Waals surface area contributed by atoms with Gasteiger partial charge in [0, 0.05) is 30.9 Å². The van der Waals surface area contributed by atoms with Crippen molar-refractivity contribution in [1.29, 1.82) is 0 Å². The van der Waals surface area contributed by atoms with Crippen molar-refractivity contribution in [2.24, 2.45) is 0 Å². The van der Waals surface area contributed by atoms with Crippen LogP contribution in [-0.4, -0.2) is 27.7 Å². The first kappa shape index (κ1) is 12.2. The lowest BCUT2D eigenvalue weighted by atomic mass is 9.89. The Hall–Kier alpha value is -1.22. The van der Waals surface area contributed by atoms with E-state index >= 15 is 0 Å². The maximum absolute atomic E-state index is 5.50. The molecule has 1 aromatic rings. The van der Waals surface area contributed by atoms with Crippen molar-refractivity contribution < 1.29 is 4.74 Å². The summed E-state index contributed by atoms with van der Waals surface area (Å²) in [5.74, 6) is 0.979. The Morgan fingerprint density at radius 1 is 1.35 bits per heavy atom. The van der Waals surface area contributed by atoms with E-state index in [9.17, 15) is 0 Å². The predicted molar refractivity (Wildman–Crippen MR) is 71.9 cm³/mol. The number of nitrogens with zero attached hydrogens (tertiary/aromatic N) is 1. The SMILES string of the molecule is COc1ccc(N(C)C)cc1C1(C)CCCN1. The molecule has 1 atom stereocenters. The number of ether oxygens (including phenoxy) is 1. The number of hydrogen-bond donors (Lipinski definition) is 1. The molecule has 1 fully saturated rings. The molecular weight excluding hydrogens is 212 g/mol. The summed E-state index contributed by atoms with van der Waals surface area (Å²) in [6, 6.07) is 6.40. The third kappa shape index (κ3) is 2.25. The molecule has 3 nitrogen and oxygen atoms in total. The van der Waals surface area contributed by atoms with Crippen LogP contribution in [0, 0.1) is 0 Å². The Kier molecular flexibility index (Phi) is 3.29. The van der Waals surface area contributed by atoms with Crippen LogP contribution in [0.3, 0.4) is 0 Å². The minimum absolute atomic E-state index is 0.0529. The Balaban J connectivity index is 2.45. The van der Waals surface area contributed by atoms with Gasteiger partial charge in [-0.2, -0.15) is 0 Å². The molecule has 1 unspecified atom stereocenters. The van der Waals surface area contributed by atoms with E-state index in [1.54, 1.807) is 7.11 Å². The Morgan fingerprint density at radius 2 is 2.12 bits per heavy atom. The van der Waals surface area contributed by atoms with Crippen molar-refractivity contribution in [2.75, 3.05) is 32.6 Å². The lowest BCUT2D eigenvalue weighted by molar-refractivity contribution is 0.371. The van der Waals surface area contributed by atoms with Crippen molar-refractivity contribution in [3.63, 3.8) is 0 Å². The first-order valence-corrected chi connectivity index (χ1v) is 6.18. The highest BCUT2D eigenvalue weighted by Crippen LogP contribution is 2.38. The summed E-state index contributed by atoms with van der Waals surface area (Å²) < 4.78 is 5.50. The van der Waals surface area contributed by atoms with Crippen LogP contribution >= 0.6 is 0 Å². The molecule has 0 radical (unpaired) electrons. The number of hydrogen-bond acceptors (Lipinski definition) is 3. The fourth-order valence-electron chi connectivity index (χ4n) is 2.53. The Morgan fingerprint density at radius 3 is 2.65 bits per heavy atom. The standard InChI is InChI=1S/C14H22N2O/c1-14(8-5-9-15-14)12-10-11(16(2)3)6-7-13(12)17-4/h6-7,10,15H,5,8-9H2,1-4H3. The van der Waals surface area contributed by atoms with E-state index in [4.69, 9.17) is 4.74 Å². The summed E-state index contributed by atoms with van der Waals surface area (Å²) in [7, 11) is 5.87. The average molecular weight is 234 g/mol. The molecule has 2 rings (SSSR count). The molecule has 1 aliphatic heterocycles. The van der Waals surface area contributed by atoms with Crippen LogP contribution in [0.1, 0.15) is 25.3 Å². The zero-order valence-electron chi connectivity index (χ0n) is 11.2. The van der Waals surface area contributed by atoms with Gasteiger partial charge in [0.25, 0.3) is 0 Å². The van der Waals surface area contributed by atoms with Gasteiger partial charge in [-0.25, -0.2) is 0 Å². The van der Waals surface area contributed by atoms with E-state index in [2.05, 4.69) is 49.4 Å². The van der Waals surface area contributed by atoms with Gasteiger partial charge in [0.2, 0.25) is 0 Å². The molecule has 1 aromatic carbocycles. The van der Waals surface area contributed by atoms with E-state index in [0.717, 1.165) is 12.3 Å². The number of anilines is 1. The van der Waals surface area contributed by atoms with Gasteiger partial charge in [-0.05, 0) is 44.5 Å². The van der Waals surface area contributed by atoms with Crippen LogP contribution in [0.25, 0.3) is 0 Å². The Bertz CT molecular complexity index is 395. The van der Waals surface area contributed by atoms with E-state index in [0.29, 0.717) is 0 Å². The van der Waals surface area contributed by atoms with Gasteiger partial charge in [-0.15, -0.1) is 0 Å². The molecule has 0 aromatic heterocycles. The highest BCUT2D eigenvalue weighted by molar-refractivity contribution is 5.54. The lowest BCUT2D eigenvalue weighted by Crippen LogP contribution is -2.33. The van der Waals surface area contributed by atoms with Crippen molar-refractivity contribution in [1.82, 2.24) is 5.32 Å². The molecule has 1 heterocycles. The number of benzene rings is 1. The second-order valence-electron chi connectivity index (χ2n) is 5.14. The fraction of sp³-hybridized carbons (Fsp3) is 0.571. The predicted octanol–water partition coefficient (Wildman–Crippen LogP) is 2.36. The summed E-state index contributed by atoms with van der Waals surface area (Å²) in [4.78, 5) is 2.13.